The first-order valence-corrected chi connectivity index (χ1v) is 7.08. The third-order valence-electron chi connectivity index (χ3n) is 2.40. The minimum atomic E-state index is -3.68. The van der Waals surface area contributed by atoms with Crippen molar-refractivity contribution in [2.24, 2.45) is 0 Å². The van der Waals surface area contributed by atoms with Gasteiger partial charge in [0, 0.05) is 22.6 Å². The van der Waals surface area contributed by atoms with Crippen molar-refractivity contribution < 1.29 is 8.42 Å². The van der Waals surface area contributed by atoms with Crippen LogP contribution in [0.15, 0.2) is 11.1 Å². The summed E-state index contributed by atoms with van der Waals surface area (Å²) < 4.78 is 22.5. The Morgan fingerprint density at radius 3 is 2.47 bits per heavy atom. The highest BCUT2D eigenvalue weighted by molar-refractivity contribution is 8.13. The Labute approximate surface area is 94.9 Å². The summed E-state index contributed by atoms with van der Waals surface area (Å²) >= 11 is 0. The predicted octanol–water partition coefficient (Wildman–Crippen LogP) is 2.58. The fraction of sp³-hybridized carbons (Fsp3) is 0.500. The van der Waals surface area contributed by atoms with Crippen molar-refractivity contribution in [3.05, 3.63) is 23.0 Å². The van der Waals surface area contributed by atoms with Crippen LogP contribution in [0.4, 0.5) is 0 Å². The molecule has 1 aromatic heterocycles. The third-order valence-corrected chi connectivity index (χ3v) is 3.83. The third kappa shape index (κ3) is 2.69. The maximum absolute atomic E-state index is 11.2. The molecule has 1 aromatic rings. The number of hydrogen-bond donors (Lipinski definition) is 0. The van der Waals surface area contributed by atoms with E-state index in [0.717, 1.165) is 29.7 Å². The van der Waals surface area contributed by atoms with Crippen LogP contribution in [-0.2, 0) is 15.5 Å². The zero-order valence-electron chi connectivity index (χ0n) is 9.04. The van der Waals surface area contributed by atoms with Crippen molar-refractivity contribution in [2.45, 2.75) is 38.5 Å². The summed E-state index contributed by atoms with van der Waals surface area (Å²) in [5, 5.41) is 0. The maximum atomic E-state index is 11.2. The molecule has 0 spiro atoms. The van der Waals surface area contributed by atoms with E-state index in [0.29, 0.717) is 0 Å². The molecule has 0 bridgehead atoms. The van der Waals surface area contributed by atoms with E-state index in [1.165, 1.54) is 6.20 Å². The molecule has 3 nitrogen and oxygen atoms in total. The molecule has 84 valence electrons. The molecule has 5 heteroatoms. The van der Waals surface area contributed by atoms with Gasteiger partial charge in [0.2, 0.25) is 0 Å². The molecule has 1 heterocycles. The molecule has 0 fully saturated rings. The van der Waals surface area contributed by atoms with Gasteiger partial charge in [0.25, 0.3) is 9.05 Å². The molecule has 0 aliphatic carbocycles. The summed E-state index contributed by atoms with van der Waals surface area (Å²) in [4.78, 5) is 4.18. The molecule has 0 aromatic carbocycles. The number of pyridine rings is 1. The first kappa shape index (κ1) is 12.5. The number of nitrogens with zero attached hydrogens (tertiary/aromatic N) is 1. The van der Waals surface area contributed by atoms with Crippen molar-refractivity contribution in [2.75, 3.05) is 0 Å². The Balaban J connectivity index is 3.42. The second-order valence-corrected chi connectivity index (χ2v) is 6.03. The second-order valence-electron chi connectivity index (χ2n) is 3.50. The molecule has 0 unspecified atom stereocenters. The molecule has 15 heavy (non-hydrogen) atoms. The highest BCUT2D eigenvalue weighted by Crippen LogP contribution is 2.24. The van der Waals surface area contributed by atoms with Crippen molar-refractivity contribution in [1.82, 2.24) is 4.98 Å². The minimum Gasteiger partial charge on any atom is -0.260 e. The lowest BCUT2D eigenvalue weighted by Gasteiger charge is -2.10. The molecular formula is C10H14ClNO2S. The Kier molecular flexibility index (Phi) is 3.73. The first-order chi connectivity index (χ1) is 6.88. The predicted molar refractivity (Wildman–Crippen MR) is 60.7 cm³/mol. The van der Waals surface area contributed by atoms with Gasteiger partial charge in [-0.05, 0) is 31.4 Å². The topological polar surface area (TPSA) is 47.0 Å². The van der Waals surface area contributed by atoms with Gasteiger partial charge < -0.3 is 0 Å². The lowest BCUT2D eigenvalue weighted by molar-refractivity contribution is 0.608. The van der Waals surface area contributed by atoms with Gasteiger partial charge in [0.05, 0.1) is 0 Å². The molecular weight excluding hydrogens is 234 g/mol. The number of aromatic nitrogens is 1. The summed E-state index contributed by atoms with van der Waals surface area (Å²) in [5.74, 6) is 0. The van der Waals surface area contributed by atoms with Gasteiger partial charge in [-0.15, -0.1) is 0 Å². The van der Waals surface area contributed by atoms with Crippen LogP contribution in [-0.4, -0.2) is 13.4 Å². The van der Waals surface area contributed by atoms with Gasteiger partial charge in [-0.3, -0.25) is 4.98 Å². The molecule has 0 aliphatic rings. The monoisotopic (exact) mass is 247 g/mol. The smallest absolute Gasteiger partial charge is 0.260 e. The van der Waals surface area contributed by atoms with Crippen LogP contribution >= 0.6 is 10.7 Å². The van der Waals surface area contributed by atoms with Gasteiger partial charge in [0.1, 0.15) is 4.90 Å². The van der Waals surface area contributed by atoms with Crippen LogP contribution in [0.1, 0.15) is 30.2 Å². The van der Waals surface area contributed by atoms with E-state index in [4.69, 9.17) is 10.7 Å². The molecule has 0 aliphatic heterocycles. The molecule has 0 radical (unpaired) electrons. The number of aryl methyl sites for hydroxylation is 1. The molecule has 1 rings (SSSR count). The van der Waals surface area contributed by atoms with Crippen molar-refractivity contribution in [3.8, 4) is 0 Å². The summed E-state index contributed by atoms with van der Waals surface area (Å²) in [5.41, 5.74) is 2.58. The highest BCUT2D eigenvalue weighted by atomic mass is 35.7. The zero-order chi connectivity index (χ0) is 11.6. The summed E-state index contributed by atoms with van der Waals surface area (Å²) in [6.07, 6.45) is 3.10. The molecule has 0 saturated carbocycles. The standard InChI is InChI=1S/C10H14ClNO2S/c1-4-5-9-7(2)10(15(11,13)14)6-12-8(9)3/h6H,4-5H2,1-3H3. The molecule has 0 amide bonds. The highest BCUT2D eigenvalue weighted by Gasteiger charge is 2.17. The van der Waals surface area contributed by atoms with E-state index >= 15 is 0 Å². The number of halogens is 1. The van der Waals surface area contributed by atoms with Crippen molar-refractivity contribution >= 4 is 19.7 Å². The van der Waals surface area contributed by atoms with Gasteiger partial charge in [0.15, 0.2) is 0 Å². The SMILES string of the molecule is CCCc1c(C)ncc(S(=O)(=O)Cl)c1C. The average Bonchev–Trinajstić information content (AvgIpc) is 2.09. The van der Waals surface area contributed by atoms with Gasteiger partial charge in [-0.25, -0.2) is 8.42 Å². The van der Waals surface area contributed by atoms with Gasteiger partial charge >= 0.3 is 0 Å². The van der Waals surface area contributed by atoms with E-state index in [-0.39, 0.29) is 4.90 Å². The van der Waals surface area contributed by atoms with Crippen molar-refractivity contribution in [1.29, 1.82) is 0 Å². The summed E-state index contributed by atoms with van der Waals surface area (Å²) in [7, 11) is 1.64. The van der Waals surface area contributed by atoms with E-state index in [2.05, 4.69) is 4.98 Å². The van der Waals surface area contributed by atoms with Crippen LogP contribution < -0.4 is 0 Å². The first-order valence-electron chi connectivity index (χ1n) is 4.77. The van der Waals surface area contributed by atoms with E-state index in [1.54, 1.807) is 6.92 Å². The fourth-order valence-electron chi connectivity index (χ4n) is 1.61. The average molecular weight is 248 g/mol. The van der Waals surface area contributed by atoms with E-state index < -0.39 is 9.05 Å². The minimum absolute atomic E-state index is 0.123. The maximum Gasteiger partial charge on any atom is 0.263 e. The van der Waals surface area contributed by atoms with Crippen LogP contribution in [0.2, 0.25) is 0 Å². The van der Waals surface area contributed by atoms with Crippen LogP contribution in [0, 0.1) is 13.8 Å². The zero-order valence-corrected chi connectivity index (χ0v) is 10.6. The van der Waals surface area contributed by atoms with Crippen molar-refractivity contribution in [3.63, 3.8) is 0 Å². The molecule has 0 atom stereocenters. The van der Waals surface area contributed by atoms with Crippen LogP contribution in [0.25, 0.3) is 0 Å². The lowest BCUT2D eigenvalue weighted by atomic mass is 10.0. The van der Waals surface area contributed by atoms with E-state index in [9.17, 15) is 8.42 Å². The number of hydrogen-bond acceptors (Lipinski definition) is 3. The summed E-state index contributed by atoms with van der Waals surface area (Å²) in [6.45, 7) is 5.69. The van der Waals surface area contributed by atoms with Gasteiger partial charge in [-0.1, -0.05) is 13.3 Å². The van der Waals surface area contributed by atoms with Crippen LogP contribution in [0.5, 0.6) is 0 Å². The normalized spacial score (nSPS) is 11.7. The largest absolute Gasteiger partial charge is 0.263 e. The van der Waals surface area contributed by atoms with Crippen LogP contribution in [0.3, 0.4) is 0 Å². The molecule has 0 N–H and O–H groups in total. The Bertz CT molecular complexity index is 469. The Morgan fingerprint density at radius 2 is 2.00 bits per heavy atom. The second kappa shape index (κ2) is 4.49. The lowest BCUT2D eigenvalue weighted by Crippen LogP contribution is -2.03. The number of rotatable bonds is 3. The summed E-state index contributed by atoms with van der Waals surface area (Å²) in [6, 6.07) is 0. The Morgan fingerprint density at radius 1 is 1.40 bits per heavy atom. The molecule has 0 saturated heterocycles. The van der Waals surface area contributed by atoms with Gasteiger partial charge in [-0.2, -0.15) is 0 Å². The Hall–Kier alpha value is -0.610. The quantitative estimate of drug-likeness (QED) is 0.772. The van der Waals surface area contributed by atoms with E-state index in [1.807, 2.05) is 13.8 Å². The fourth-order valence-corrected chi connectivity index (χ4v) is 2.75.